The third-order valence-electron chi connectivity index (χ3n) is 2.96. The standard InChI is InChI=1S/C14H19N3O4/c1-10(2)6-8-20-9-7-15-14-16-13-11(17(18)19)4-3-5-12(13)21-14/h3-5,10H,6-9H2,1-2H3,(H,15,16). The molecule has 0 aliphatic carbocycles. The molecule has 0 bridgehead atoms. The number of hydrogen-bond donors (Lipinski definition) is 1. The molecule has 21 heavy (non-hydrogen) atoms. The number of nitrogens with one attached hydrogen (secondary N) is 1. The lowest BCUT2D eigenvalue weighted by atomic mass is 10.1. The number of nitro groups is 1. The normalized spacial score (nSPS) is 11.2. The zero-order valence-electron chi connectivity index (χ0n) is 12.2. The largest absolute Gasteiger partial charge is 0.423 e. The summed E-state index contributed by atoms with van der Waals surface area (Å²) in [5.41, 5.74) is 0.593. The average molecular weight is 293 g/mol. The third kappa shape index (κ3) is 4.16. The highest BCUT2D eigenvalue weighted by Gasteiger charge is 2.16. The van der Waals surface area contributed by atoms with Crippen molar-refractivity contribution in [1.29, 1.82) is 0 Å². The molecule has 0 spiro atoms. The molecule has 1 aromatic heterocycles. The summed E-state index contributed by atoms with van der Waals surface area (Å²) in [5.74, 6) is 0.621. The number of oxazole rings is 1. The van der Waals surface area contributed by atoms with Crippen molar-refractivity contribution in [3.8, 4) is 0 Å². The first-order chi connectivity index (χ1) is 10.1. The molecule has 0 unspecified atom stereocenters. The van der Waals surface area contributed by atoms with Crippen LogP contribution in [0.3, 0.4) is 0 Å². The number of aromatic nitrogens is 1. The van der Waals surface area contributed by atoms with Crippen molar-refractivity contribution in [2.24, 2.45) is 5.92 Å². The van der Waals surface area contributed by atoms with E-state index in [0.717, 1.165) is 13.0 Å². The molecule has 2 aromatic rings. The van der Waals surface area contributed by atoms with Gasteiger partial charge < -0.3 is 14.5 Å². The van der Waals surface area contributed by atoms with Gasteiger partial charge in [-0.25, -0.2) is 0 Å². The third-order valence-corrected chi connectivity index (χ3v) is 2.96. The fourth-order valence-corrected chi connectivity index (χ4v) is 1.81. The van der Waals surface area contributed by atoms with Crippen LogP contribution in [0.2, 0.25) is 0 Å². The number of benzene rings is 1. The van der Waals surface area contributed by atoms with Crippen LogP contribution in [0.4, 0.5) is 11.7 Å². The van der Waals surface area contributed by atoms with Gasteiger partial charge in [-0.1, -0.05) is 19.9 Å². The first kappa shape index (κ1) is 15.2. The van der Waals surface area contributed by atoms with E-state index in [9.17, 15) is 10.1 Å². The quantitative estimate of drug-likeness (QED) is 0.456. The highest BCUT2D eigenvalue weighted by molar-refractivity contribution is 5.83. The number of fused-ring (bicyclic) bond motifs is 1. The maximum atomic E-state index is 10.9. The molecular formula is C14H19N3O4. The minimum Gasteiger partial charge on any atom is -0.423 e. The zero-order chi connectivity index (χ0) is 15.2. The van der Waals surface area contributed by atoms with Gasteiger partial charge in [0.05, 0.1) is 11.5 Å². The summed E-state index contributed by atoms with van der Waals surface area (Å²) in [7, 11) is 0. The van der Waals surface area contributed by atoms with E-state index in [-0.39, 0.29) is 17.2 Å². The summed E-state index contributed by atoms with van der Waals surface area (Å²) < 4.78 is 10.9. The molecule has 2 rings (SSSR count). The maximum absolute atomic E-state index is 10.9. The van der Waals surface area contributed by atoms with E-state index in [1.807, 2.05) is 0 Å². The number of anilines is 1. The Morgan fingerprint density at radius 2 is 2.24 bits per heavy atom. The predicted molar refractivity (Wildman–Crippen MR) is 79.4 cm³/mol. The van der Waals surface area contributed by atoms with Crippen molar-refractivity contribution in [3.63, 3.8) is 0 Å². The highest BCUT2D eigenvalue weighted by atomic mass is 16.6. The van der Waals surface area contributed by atoms with E-state index < -0.39 is 4.92 Å². The second-order valence-electron chi connectivity index (χ2n) is 5.12. The second kappa shape index (κ2) is 7.03. The minimum atomic E-state index is -0.469. The van der Waals surface area contributed by atoms with Crippen LogP contribution in [-0.2, 0) is 4.74 Å². The zero-order valence-corrected chi connectivity index (χ0v) is 12.2. The van der Waals surface area contributed by atoms with Crippen LogP contribution in [0, 0.1) is 16.0 Å². The summed E-state index contributed by atoms with van der Waals surface area (Å²) in [6, 6.07) is 4.90. The van der Waals surface area contributed by atoms with Crippen molar-refractivity contribution >= 4 is 22.8 Å². The number of non-ortho nitro benzene ring substituents is 1. The van der Waals surface area contributed by atoms with Gasteiger partial charge in [0.2, 0.25) is 0 Å². The first-order valence-electron chi connectivity index (χ1n) is 6.93. The Balaban J connectivity index is 1.88. The van der Waals surface area contributed by atoms with Gasteiger partial charge in [-0.3, -0.25) is 10.1 Å². The number of rotatable bonds is 8. The Morgan fingerprint density at radius 3 is 2.95 bits per heavy atom. The summed E-state index contributed by atoms with van der Waals surface area (Å²) in [5, 5.41) is 13.9. The molecule has 0 radical (unpaired) electrons. The highest BCUT2D eigenvalue weighted by Crippen LogP contribution is 2.27. The van der Waals surface area contributed by atoms with Gasteiger partial charge in [-0.05, 0) is 18.4 Å². The van der Waals surface area contributed by atoms with E-state index in [0.29, 0.717) is 24.7 Å². The van der Waals surface area contributed by atoms with E-state index in [1.165, 1.54) is 6.07 Å². The van der Waals surface area contributed by atoms with Crippen LogP contribution in [0.15, 0.2) is 22.6 Å². The SMILES string of the molecule is CC(C)CCOCCNc1nc2c([N+](=O)[O-])cccc2o1. The molecule has 7 heteroatoms. The fourth-order valence-electron chi connectivity index (χ4n) is 1.81. The Morgan fingerprint density at radius 1 is 1.43 bits per heavy atom. The monoisotopic (exact) mass is 293 g/mol. The molecule has 0 saturated heterocycles. The number of nitro benzene ring substituents is 1. The molecule has 7 nitrogen and oxygen atoms in total. The lowest BCUT2D eigenvalue weighted by Crippen LogP contribution is -2.10. The van der Waals surface area contributed by atoms with Gasteiger partial charge in [0, 0.05) is 19.2 Å². The van der Waals surface area contributed by atoms with Crippen molar-refractivity contribution in [2.75, 3.05) is 25.1 Å². The molecule has 0 amide bonds. The summed E-state index contributed by atoms with van der Waals surface area (Å²) in [4.78, 5) is 14.5. The van der Waals surface area contributed by atoms with Crippen molar-refractivity contribution in [2.45, 2.75) is 20.3 Å². The van der Waals surface area contributed by atoms with Gasteiger partial charge in [-0.15, -0.1) is 0 Å². The lowest BCUT2D eigenvalue weighted by molar-refractivity contribution is -0.383. The van der Waals surface area contributed by atoms with Gasteiger partial charge in [-0.2, -0.15) is 4.98 Å². The molecule has 114 valence electrons. The molecule has 0 aliphatic heterocycles. The average Bonchev–Trinajstić information content (AvgIpc) is 2.84. The van der Waals surface area contributed by atoms with Gasteiger partial charge in [0.15, 0.2) is 11.1 Å². The number of ether oxygens (including phenoxy) is 1. The number of hydrogen-bond acceptors (Lipinski definition) is 6. The summed E-state index contributed by atoms with van der Waals surface area (Å²) >= 11 is 0. The van der Waals surface area contributed by atoms with Crippen molar-refractivity contribution < 1.29 is 14.1 Å². The fraction of sp³-hybridized carbons (Fsp3) is 0.500. The maximum Gasteiger partial charge on any atom is 0.298 e. The molecule has 0 aliphatic rings. The Labute approximate surface area is 122 Å². The van der Waals surface area contributed by atoms with Crippen LogP contribution >= 0.6 is 0 Å². The molecule has 0 saturated carbocycles. The van der Waals surface area contributed by atoms with Crippen LogP contribution in [0.1, 0.15) is 20.3 Å². The van der Waals surface area contributed by atoms with Crippen molar-refractivity contribution in [1.82, 2.24) is 4.98 Å². The van der Waals surface area contributed by atoms with Crippen LogP contribution < -0.4 is 5.32 Å². The molecule has 0 fully saturated rings. The summed E-state index contributed by atoms with van der Waals surface area (Å²) in [6.45, 7) is 6.09. The van der Waals surface area contributed by atoms with E-state index in [4.69, 9.17) is 9.15 Å². The summed E-state index contributed by atoms with van der Waals surface area (Å²) in [6.07, 6.45) is 1.02. The van der Waals surface area contributed by atoms with E-state index in [2.05, 4.69) is 24.1 Å². The Bertz CT molecular complexity index is 609. The Kier molecular flexibility index (Phi) is 5.10. The predicted octanol–water partition coefficient (Wildman–Crippen LogP) is 3.21. The van der Waals surface area contributed by atoms with Crippen LogP contribution in [0.25, 0.3) is 11.1 Å². The van der Waals surface area contributed by atoms with Crippen LogP contribution in [-0.4, -0.2) is 29.7 Å². The molecular weight excluding hydrogens is 274 g/mol. The number of para-hydroxylation sites is 1. The van der Waals surface area contributed by atoms with Crippen molar-refractivity contribution in [3.05, 3.63) is 28.3 Å². The molecule has 1 aromatic carbocycles. The van der Waals surface area contributed by atoms with Crippen LogP contribution in [0.5, 0.6) is 0 Å². The van der Waals surface area contributed by atoms with Gasteiger partial charge in [0.1, 0.15) is 0 Å². The molecule has 1 N–H and O–H groups in total. The first-order valence-corrected chi connectivity index (χ1v) is 6.93. The smallest absolute Gasteiger partial charge is 0.298 e. The minimum absolute atomic E-state index is 0.0579. The Hall–Kier alpha value is -2.15. The van der Waals surface area contributed by atoms with E-state index >= 15 is 0 Å². The van der Waals surface area contributed by atoms with E-state index in [1.54, 1.807) is 12.1 Å². The topological polar surface area (TPSA) is 90.4 Å². The van der Waals surface area contributed by atoms with Gasteiger partial charge >= 0.3 is 0 Å². The number of nitrogens with zero attached hydrogens (tertiary/aromatic N) is 2. The lowest BCUT2D eigenvalue weighted by Gasteiger charge is -2.06. The molecule has 0 atom stereocenters. The van der Waals surface area contributed by atoms with Gasteiger partial charge in [0.25, 0.3) is 11.7 Å². The second-order valence-corrected chi connectivity index (χ2v) is 5.12. The molecule has 1 heterocycles.